The lowest BCUT2D eigenvalue weighted by molar-refractivity contribution is -0.141. The topological polar surface area (TPSA) is 66.8 Å². The number of ether oxygens (including phenoxy) is 1. The molecule has 24 heavy (non-hydrogen) atoms. The van der Waals surface area contributed by atoms with Crippen LogP contribution in [0.4, 0.5) is 5.69 Å². The van der Waals surface area contributed by atoms with Gasteiger partial charge in [-0.2, -0.15) is 0 Å². The number of carboxylic acid groups (broad SMARTS) is 1. The van der Waals surface area contributed by atoms with Gasteiger partial charge in [0.2, 0.25) is 5.91 Å². The second kappa shape index (κ2) is 7.05. The summed E-state index contributed by atoms with van der Waals surface area (Å²) in [5, 5.41) is 9.03. The third kappa shape index (κ3) is 3.76. The van der Waals surface area contributed by atoms with E-state index in [1.54, 1.807) is 24.3 Å². The largest absolute Gasteiger partial charge is 0.489 e. The first-order chi connectivity index (χ1) is 11.5. The van der Waals surface area contributed by atoms with Gasteiger partial charge in [-0.3, -0.25) is 9.59 Å². The smallest absolute Gasteiger partial charge is 0.308 e. The average Bonchev–Trinajstić information content (AvgIpc) is 2.97. The number of amides is 1. The molecule has 0 spiro atoms. The number of benzene rings is 2. The second-order valence-corrected chi connectivity index (χ2v) is 6.57. The average molecular weight is 390 g/mol. The van der Waals surface area contributed by atoms with Crippen LogP contribution >= 0.6 is 15.9 Å². The van der Waals surface area contributed by atoms with E-state index in [9.17, 15) is 9.59 Å². The molecule has 6 heteroatoms. The van der Waals surface area contributed by atoms with E-state index >= 15 is 0 Å². The Balaban J connectivity index is 1.62. The van der Waals surface area contributed by atoms with Gasteiger partial charge in [-0.1, -0.05) is 28.1 Å². The Morgan fingerprint density at radius 1 is 1.17 bits per heavy atom. The van der Waals surface area contributed by atoms with E-state index in [0.717, 1.165) is 10.0 Å². The number of anilines is 1. The van der Waals surface area contributed by atoms with Crippen LogP contribution < -0.4 is 9.64 Å². The van der Waals surface area contributed by atoms with Crippen molar-refractivity contribution in [2.24, 2.45) is 5.92 Å². The number of rotatable bonds is 5. The Morgan fingerprint density at radius 2 is 1.83 bits per heavy atom. The first-order valence-corrected chi connectivity index (χ1v) is 8.33. The molecular formula is C18H16BrNO4. The van der Waals surface area contributed by atoms with Crippen LogP contribution in [0.3, 0.4) is 0 Å². The minimum atomic E-state index is -0.930. The van der Waals surface area contributed by atoms with Crippen LogP contribution in [0.2, 0.25) is 0 Å². The molecule has 0 bridgehead atoms. The van der Waals surface area contributed by atoms with E-state index in [2.05, 4.69) is 15.9 Å². The Bertz CT molecular complexity index is 743. The molecule has 1 heterocycles. The molecule has 1 atom stereocenters. The maximum absolute atomic E-state index is 11.9. The highest BCUT2D eigenvalue weighted by Crippen LogP contribution is 2.27. The predicted octanol–water partition coefficient (Wildman–Crippen LogP) is 3.47. The zero-order chi connectivity index (χ0) is 17.1. The summed E-state index contributed by atoms with van der Waals surface area (Å²) in [6.45, 7) is 0.670. The SMILES string of the molecule is O=C(O)[C@H]1CC(=O)N(c2ccc(OCc3ccc(Br)cc3)cc2)C1. The minimum Gasteiger partial charge on any atom is -0.489 e. The molecule has 0 saturated carbocycles. The lowest BCUT2D eigenvalue weighted by atomic mass is 10.1. The fourth-order valence-electron chi connectivity index (χ4n) is 2.59. The monoisotopic (exact) mass is 389 g/mol. The molecule has 1 aliphatic heterocycles. The van der Waals surface area contributed by atoms with Crippen LogP contribution in [-0.2, 0) is 16.2 Å². The summed E-state index contributed by atoms with van der Waals surface area (Å²) in [4.78, 5) is 24.5. The molecule has 1 N–H and O–H groups in total. The lowest BCUT2D eigenvalue weighted by Gasteiger charge is -2.16. The van der Waals surface area contributed by atoms with E-state index in [4.69, 9.17) is 9.84 Å². The quantitative estimate of drug-likeness (QED) is 0.849. The fraction of sp³-hybridized carbons (Fsp3) is 0.222. The molecule has 0 aliphatic carbocycles. The molecule has 1 saturated heterocycles. The van der Waals surface area contributed by atoms with Crippen LogP contribution in [0.15, 0.2) is 53.0 Å². The zero-order valence-electron chi connectivity index (χ0n) is 12.8. The number of halogens is 1. The summed E-state index contributed by atoms with van der Waals surface area (Å²) in [6, 6.07) is 15.0. The van der Waals surface area contributed by atoms with Crippen molar-refractivity contribution in [3.8, 4) is 5.75 Å². The van der Waals surface area contributed by atoms with Crippen molar-refractivity contribution in [2.75, 3.05) is 11.4 Å². The number of carbonyl (C=O) groups excluding carboxylic acids is 1. The first kappa shape index (κ1) is 16.5. The van der Waals surface area contributed by atoms with Crippen molar-refractivity contribution >= 4 is 33.5 Å². The maximum Gasteiger partial charge on any atom is 0.308 e. The van der Waals surface area contributed by atoms with Gasteiger partial charge in [0.1, 0.15) is 12.4 Å². The Hall–Kier alpha value is -2.34. The van der Waals surface area contributed by atoms with E-state index in [1.165, 1.54) is 4.90 Å². The molecule has 1 amide bonds. The molecule has 0 unspecified atom stereocenters. The summed E-state index contributed by atoms with van der Waals surface area (Å²) < 4.78 is 6.74. The van der Waals surface area contributed by atoms with E-state index in [-0.39, 0.29) is 18.9 Å². The number of carboxylic acids is 1. The van der Waals surface area contributed by atoms with Crippen molar-refractivity contribution in [3.05, 3.63) is 58.6 Å². The molecule has 2 aromatic carbocycles. The summed E-state index contributed by atoms with van der Waals surface area (Å²) in [5.74, 6) is -1.03. The standard InChI is InChI=1S/C18H16BrNO4/c19-14-3-1-12(2-4-14)11-24-16-7-5-15(6-8-16)20-10-13(18(22)23)9-17(20)21/h1-8,13H,9-11H2,(H,22,23)/t13-/m0/s1. The van der Waals surface area contributed by atoms with Crippen molar-refractivity contribution < 1.29 is 19.4 Å². The fourth-order valence-corrected chi connectivity index (χ4v) is 2.86. The van der Waals surface area contributed by atoms with Crippen molar-refractivity contribution in [1.82, 2.24) is 0 Å². The molecule has 5 nitrogen and oxygen atoms in total. The third-order valence-corrected chi connectivity index (χ3v) is 4.47. The van der Waals surface area contributed by atoms with Crippen molar-refractivity contribution in [1.29, 1.82) is 0 Å². The minimum absolute atomic E-state index is 0.0527. The number of aliphatic carboxylic acids is 1. The van der Waals surface area contributed by atoms with E-state index in [0.29, 0.717) is 18.0 Å². The summed E-state index contributed by atoms with van der Waals surface area (Å²) >= 11 is 3.39. The van der Waals surface area contributed by atoms with Gasteiger partial charge in [0, 0.05) is 23.1 Å². The molecule has 0 aromatic heterocycles. The highest BCUT2D eigenvalue weighted by atomic mass is 79.9. The number of carbonyl (C=O) groups is 2. The highest BCUT2D eigenvalue weighted by molar-refractivity contribution is 9.10. The van der Waals surface area contributed by atoms with E-state index < -0.39 is 11.9 Å². The Labute approximate surface area is 148 Å². The van der Waals surface area contributed by atoms with Crippen molar-refractivity contribution in [3.63, 3.8) is 0 Å². The first-order valence-electron chi connectivity index (χ1n) is 7.53. The Morgan fingerprint density at radius 3 is 2.42 bits per heavy atom. The third-order valence-electron chi connectivity index (χ3n) is 3.94. The zero-order valence-corrected chi connectivity index (χ0v) is 14.4. The number of hydrogen-bond acceptors (Lipinski definition) is 3. The predicted molar refractivity (Wildman–Crippen MR) is 93.0 cm³/mol. The van der Waals surface area contributed by atoms with Gasteiger partial charge in [-0.25, -0.2) is 0 Å². The number of hydrogen-bond donors (Lipinski definition) is 1. The van der Waals surface area contributed by atoms with Gasteiger partial charge in [-0.15, -0.1) is 0 Å². The van der Waals surface area contributed by atoms with Crippen LogP contribution in [0.25, 0.3) is 0 Å². The Kier molecular flexibility index (Phi) is 4.85. The molecule has 2 aromatic rings. The molecule has 0 radical (unpaired) electrons. The van der Waals surface area contributed by atoms with Gasteiger partial charge in [0.15, 0.2) is 0 Å². The highest BCUT2D eigenvalue weighted by Gasteiger charge is 2.34. The van der Waals surface area contributed by atoms with Gasteiger partial charge in [0.05, 0.1) is 5.92 Å². The van der Waals surface area contributed by atoms with Crippen LogP contribution in [-0.4, -0.2) is 23.5 Å². The molecule has 3 rings (SSSR count). The van der Waals surface area contributed by atoms with Gasteiger partial charge in [0.25, 0.3) is 0 Å². The molecule has 124 valence electrons. The summed E-state index contributed by atoms with van der Waals surface area (Å²) in [7, 11) is 0. The molecular weight excluding hydrogens is 374 g/mol. The molecule has 1 aliphatic rings. The summed E-state index contributed by atoms with van der Waals surface area (Å²) in [6.07, 6.45) is 0.0527. The second-order valence-electron chi connectivity index (χ2n) is 5.65. The number of nitrogens with zero attached hydrogens (tertiary/aromatic N) is 1. The van der Waals surface area contributed by atoms with Crippen molar-refractivity contribution in [2.45, 2.75) is 13.0 Å². The van der Waals surface area contributed by atoms with Crippen LogP contribution in [0.1, 0.15) is 12.0 Å². The van der Waals surface area contributed by atoms with Gasteiger partial charge in [-0.05, 0) is 42.0 Å². The van der Waals surface area contributed by atoms with Gasteiger partial charge < -0.3 is 14.7 Å². The molecule has 1 fully saturated rings. The lowest BCUT2D eigenvalue weighted by Crippen LogP contribution is -2.25. The normalized spacial score (nSPS) is 17.1. The van der Waals surface area contributed by atoms with Crippen LogP contribution in [0, 0.1) is 5.92 Å². The van der Waals surface area contributed by atoms with E-state index in [1.807, 2.05) is 24.3 Å². The maximum atomic E-state index is 11.9. The van der Waals surface area contributed by atoms with Gasteiger partial charge >= 0.3 is 5.97 Å². The van der Waals surface area contributed by atoms with Crippen LogP contribution in [0.5, 0.6) is 5.75 Å². The summed E-state index contributed by atoms with van der Waals surface area (Å²) in [5.41, 5.74) is 1.75.